The van der Waals surface area contributed by atoms with Crippen molar-refractivity contribution in [3.63, 3.8) is 0 Å². The summed E-state index contributed by atoms with van der Waals surface area (Å²) in [6, 6.07) is 0. The summed E-state index contributed by atoms with van der Waals surface area (Å²) in [6.45, 7) is 0. The third-order valence-corrected chi connectivity index (χ3v) is 0. The quantitative estimate of drug-likeness (QED) is 0.461. The molecule has 0 radical (unpaired) electrons. The van der Waals surface area contributed by atoms with Gasteiger partial charge in [0.2, 0.25) is 0 Å². The van der Waals surface area contributed by atoms with Gasteiger partial charge in [0.05, 0.1) is 1.37 Å². The zero-order valence-corrected chi connectivity index (χ0v) is 6.13. The zero-order valence-electron chi connectivity index (χ0n) is 2.63. The molecule has 0 saturated heterocycles. The first kappa shape index (κ1) is 3.68. The Morgan fingerprint density at radius 3 is 2.50 bits per heavy atom. The Hall–Kier alpha value is 1.50. The van der Waals surface area contributed by atoms with Crippen LogP contribution < -0.4 is 0 Å². The van der Waals surface area contributed by atoms with Gasteiger partial charge in [-0.05, 0) is 0 Å². The van der Waals surface area contributed by atoms with Gasteiger partial charge in [0.15, 0.2) is 0 Å². The van der Waals surface area contributed by atoms with E-state index in [1.165, 1.54) is 0 Å². The highest BCUT2D eigenvalue weighted by Crippen LogP contribution is 2.11. The van der Waals surface area contributed by atoms with Gasteiger partial charge in [0.25, 0.3) is 0 Å². The molecule has 0 aromatic heterocycles. The molecule has 4 heavy (non-hydrogen) atoms. The molecule has 0 aromatic carbocycles. The maximum Gasteiger partial charge on any atom is 0.139 e. The van der Waals surface area contributed by atoms with Crippen molar-refractivity contribution in [1.82, 2.24) is 0 Å². The molecule has 0 aliphatic heterocycles. The molecule has 0 aliphatic carbocycles. The fourth-order valence-corrected chi connectivity index (χ4v) is 0. The molecule has 0 spiro atoms. The predicted molar refractivity (Wildman–Crippen MR) is 32.6 cm³/mol. The van der Waals surface area contributed by atoms with Gasteiger partial charge in [-0.25, -0.2) is 0 Å². The molecule has 0 heterocycles. The molecule has 0 saturated carbocycles. The number of hydrogen-bond donors (Lipinski definition) is 0. The molecular formula is CHBrClI. The molecule has 1 unspecified atom stereocenters. The van der Waals surface area contributed by atoms with Crippen molar-refractivity contribution in [2.24, 2.45) is 0 Å². The summed E-state index contributed by atoms with van der Waals surface area (Å²) in [4.78, 5) is 0. The van der Waals surface area contributed by atoms with Gasteiger partial charge in [-0.2, -0.15) is 0 Å². The van der Waals surface area contributed by atoms with Gasteiger partial charge in [-0.1, -0.05) is 50.1 Å². The van der Waals surface area contributed by atoms with E-state index < -0.39 is 2.27 Å². The van der Waals surface area contributed by atoms with Crippen LogP contribution in [0.1, 0.15) is 1.37 Å². The van der Waals surface area contributed by atoms with Gasteiger partial charge in [-0.15, -0.1) is 0 Å². The van der Waals surface area contributed by atoms with Crippen molar-refractivity contribution >= 4 is 50.1 Å². The van der Waals surface area contributed by atoms with Crippen LogP contribution in [0.4, 0.5) is 0 Å². The third kappa shape index (κ3) is 9.72. The second-order valence-electron chi connectivity index (χ2n) is 0.214. The van der Waals surface area contributed by atoms with Crippen LogP contribution in [-0.4, -0.2) is 2.27 Å². The second kappa shape index (κ2) is 2.72. The first-order valence-electron chi connectivity index (χ1n) is 1.07. The molecule has 0 N–H and O–H groups in total. The zero-order chi connectivity index (χ0) is 4.50. The Labute approximate surface area is 53.6 Å². The highest BCUT2D eigenvalue weighted by Gasteiger charge is 1.77. The van der Waals surface area contributed by atoms with Crippen LogP contribution in [0.3, 0.4) is 0 Å². The fraction of sp³-hybridized carbons (Fsp3) is 1.00. The van der Waals surface area contributed by atoms with Crippen molar-refractivity contribution in [3.05, 3.63) is 0 Å². The van der Waals surface area contributed by atoms with E-state index in [1.807, 2.05) is 0 Å². The van der Waals surface area contributed by atoms with Gasteiger partial charge in [0.1, 0.15) is 2.27 Å². The Morgan fingerprint density at radius 1 is 2.50 bits per heavy atom. The summed E-state index contributed by atoms with van der Waals surface area (Å²) < 4.78 is 5.61. The smallest absolute Gasteiger partial charge is 0.0987 e. The second-order valence-corrected chi connectivity index (χ2v) is 5.04. The maximum atomic E-state index is 6.61. The van der Waals surface area contributed by atoms with E-state index in [2.05, 4.69) is 15.9 Å². The standard InChI is InChI=1S/CHBrClI/c2-1(3)4/h1H/i1D. The van der Waals surface area contributed by atoms with Crippen LogP contribution in [0.15, 0.2) is 0 Å². The van der Waals surface area contributed by atoms with Crippen molar-refractivity contribution in [1.29, 1.82) is 0 Å². The molecule has 26 valence electrons. The minimum absolute atomic E-state index is 0.995. The van der Waals surface area contributed by atoms with E-state index in [4.69, 9.17) is 13.0 Å². The molecular weight excluding hydrogens is 254 g/mol. The summed E-state index contributed by atoms with van der Waals surface area (Å²) >= 11 is 9.62. The largest absolute Gasteiger partial charge is 0.139 e. The van der Waals surface area contributed by atoms with E-state index in [-0.39, 0.29) is 0 Å². The summed E-state index contributed by atoms with van der Waals surface area (Å²) in [5.74, 6) is 0. The van der Waals surface area contributed by atoms with E-state index in [9.17, 15) is 0 Å². The lowest BCUT2D eigenvalue weighted by molar-refractivity contribution is 2.22. The summed E-state index contributed by atoms with van der Waals surface area (Å²) in [7, 11) is 0. The van der Waals surface area contributed by atoms with Crippen LogP contribution >= 0.6 is 50.1 Å². The molecule has 0 amide bonds. The molecule has 3 heteroatoms. The van der Waals surface area contributed by atoms with E-state index in [1.54, 1.807) is 22.6 Å². The maximum absolute atomic E-state index is 6.61. The van der Waals surface area contributed by atoms with E-state index in [0.29, 0.717) is 0 Å². The van der Waals surface area contributed by atoms with E-state index >= 15 is 0 Å². The Bertz CT molecular complexity index is 27.1. The summed E-state index contributed by atoms with van der Waals surface area (Å²) in [5, 5.41) is 0. The Kier molecular flexibility index (Phi) is 2.51. The average Bonchev–Trinajstić information content (AvgIpc) is 0.722. The normalized spacial score (nSPS) is 27.2. The van der Waals surface area contributed by atoms with Crippen molar-refractivity contribution < 1.29 is 1.37 Å². The van der Waals surface area contributed by atoms with Crippen LogP contribution in [0.5, 0.6) is 0 Å². The Balaban J connectivity index is 3.02. The van der Waals surface area contributed by atoms with Gasteiger partial charge < -0.3 is 0 Å². The monoisotopic (exact) mass is 255 g/mol. The average molecular weight is 256 g/mol. The van der Waals surface area contributed by atoms with Crippen LogP contribution in [0.25, 0.3) is 0 Å². The van der Waals surface area contributed by atoms with Crippen molar-refractivity contribution in [3.8, 4) is 0 Å². The molecule has 0 aromatic rings. The van der Waals surface area contributed by atoms with E-state index in [0.717, 1.165) is 0 Å². The highest BCUT2D eigenvalue weighted by molar-refractivity contribution is 14.1. The fourth-order valence-electron chi connectivity index (χ4n) is 0. The lowest BCUT2D eigenvalue weighted by atomic mass is 11.9. The Morgan fingerprint density at radius 2 is 2.50 bits per heavy atom. The van der Waals surface area contributed by atoms with Gasteiger partial charge in [-0.3, -0.25) is 0 Å². The number of halogens is 3. The molecule has 0 fully saturated rings. The molecule has 0 nitrogen and oxygen atoms in total. The number of hydrogen-bond acceptors (Lipinski definition) is 0. The van der Waals surface area contributed by atoms with Crippen molar-refractivity contribution in [2.45, 2.75) is 2.27 Å². The SMILES string of the molecule is [2H]C(Cl)(Br)I. The predicted octanol–water partition coefficient (Wildman–Crippen LogP) is 2.34. The molecule has 0 bridgehead atoms. The first-order chi connectivity index (χ1) is 2.00. The minimum Gasteiger partial charge on any atom is -0.0987 e. The van der Waals surface area contributed by atoms with Crippen molar-refractivity contribution in [2.75, 3.05) is 0 Å². The van der Waals surface area contributed by atoms with Crippen LogP contribution in [0.2, 0.25) is 0 Å². The van der Waals surface area contributed by atoms with Crippen LogP contribution in [-0.2, 0) is 0 Å². The lowest BCUT2D eigenvalue weighted by Gasteiger charge is -1.70. The lowest BCUT2D eigenvalue weighted by Crippen LogP contribution is -1.50. The summed E-state index contributed by atoms with van der Waals surface area (Å²) in [5.41, 5.74) is 0. The van der Waals surface area contributed by atoms with Gasteiger partial charge in [0, 0.05) is 0 Å². The molecule has 0 aliphatic rings. The first-order valence-corrected chi connectivity index (χ1v) is 2.82. The third-order valence-electron chi connectivity index (χ3n) is 0. The van der Waals surface area contributed by atoms with Gasteiger partial charge >= 0.3 is 0 Å². The summed E-state index contributed by atoms with van der Waals surface area (Å²) in [6.07, 6.45) is 0. The minimum atomic E-state index is -0.995. The number of alkyl halides is 3. The van der Waals surface area contributed by atoms with Crippen LogP contribution in [0, 0.1) is 0 Å². The highest BCUT2D eigenvalue weighted by atomic mass is 127. The topological polar surface area (TPSA) is 0 Å². The number of rotatable bonds is 0. The molecule has 0 rings (SSSR count). The molecule has 1 atom stereocenters.